The van der Waals surface area contributed by atoms with Gasteiger partial charge in [0.05, 0.1) is 22.4 Å². The van der Waals surface area contributed by atoms with Crippen LogP contribution in [-0.4, -0.2) is 44.4 Å². The number of hydrogen-bond donors (Lipinski definition) is 3. The number of nitrogens with one attached hydrogen (secondary N) is 2. The van der Waals surface area contributed by atoms with E-state index in [2.05, 4.69) is 20.6 Å². The fourth-order valence-corrected chi connectivity index (χ4v) is 7.27. The van der Waals surface area contributed by atoms with Crippen LogP contribution in [0.4, 0.5) is 24.5 Å². The second kappa shape index (κ2) is 16.8. The largest absolute Gasteiger partial charge is 0.426 e. The number of carbonyl (C=O) groups excluding carboxylic acids is 3. The Morgan fingerprint density at radius 2 is 1.09 bits per heavy atom. The van der Waals surface area contributed by atoms with E-state index in [1.54, 1.807) is 79.0 Å². The topological polar surface area (TPSA) is 121 Å². The number of ketones is 1. The van der Waals surface area contributed by atoms with Gasteiger partial charge < -0.3 is 15.7 Å². The highest BCUT2D eigenvalue weighted by Crippen LogP contribution is 2.43. The smallest absolute Gasteiger partial charge is 0.373 e. The lowest BCUT2D eigenvalue weighted by Gasteiger charge is -2.37. The van der Waals surface area contributed by atoms with Gasteiger partial charge in [-0.2, -0.15) is 13.2 Å². The molecule has 6 rings (SSSR count). The third-order valence-corrected chi connectivity index (χ3v) is 10.1. The first-order valence-corrected chi connectivity index (χ1v) is 18.2. The molecule has 0 fully saturated rings. The van der Waals surface area contributed by atoms with Crippen molar-refractivity contribution in [2.75, 3.05) is 10.6 Å². The van der Waals surface area contributed by atoms with E-state index < -0.39 is 46.6 Å². The van der Waals surface area contributed by atoms with Crippen molar-refractivity contribution in [3.8, 4) is 0 Å². The Balaban J connectivity index is 0.000000216. The molecule has 4 aromatic carbocycles. The summed E-state index contributed by atoms with van der Waals surface area (Å²) in [5, 5.41) is 17.7. The summed E-state index contributed by atoms with van der Waals surface area (Å²) in [5.74, 6) is -2.69. The summed E-state index contributed by atoms with van der Waals surface area (Å²) in [6.45, 7) is 6.81. The minimum atomic E-state index is -5.21. The molecule has 13 heteroatoms. The van der Waals surface area contributed by atoms with Crippen LogP contribution in [0.2, 0.25) is 10.0 Å². The number of aliphatic hydroxyl groups is 1. The van der Waals surface area contributed by atoms with Gasteiger partial charge in [-0.15, -0.1) is 0 Å². The lowest BCUT2D eigenvalue weighted by Crippen LogP contribution is -2.57. The first-order chi connectivity index (χ1) is 26.3. The van der Waals surface area contributed by atoms with Crippen molar-refractivity contribution >= 4 is 74.0 Å². The predicted molar refractivity (Wildman–Crippen MR) is 215 cm³/mol. The van der Waals surface area contributed by atoms with Crippen molar-refractivity contribution in [2.45, 2.75) is 63.1 Å². The van der Waals surface area contributed by atoms with Crippen molar-refractivity contribution in [3.05, 3.63) is 143 Å². The number of hydrogen-bond acceptors (Lipinski definition) is 6. The molecule has 0 aliphatic carbocycles. The molecule has 2 aromatic heterocycles. The highest BCUT2D eigenvalue weighted by Gasteiger charge is 2.61. The van der Waals surface area contributed by atoms with Gasteiger partial charge in [-0.3, -0.25) is 24.4 Å². The number of anilines is 2. The molecule has 0 aliphatic heterocycles. The summed E-state index contributed by atoms with van der Waals surface area (Å²) in [7, 11) is 0. The SMILES string of the molecule is CC(C)(CC(=O)C(=O)Nc1cccc2ncccc12)c1ccccc1Cl.CC(C)(CC(O)(C(=O)Nc1cccc2ncccc12)C(F)(F)F)c1ccccc1Cl. The molecular formula is C43H39Cl2F3N4O4. The van der Waals surface area contributed by atoms with Crippen LogP contribution < -0.4 is 10.6 Å². The Labute approximate surface area is 332 Å². The number of aromatic nitrogens is 2. The highest BCUT2D eigenvalue weighted by atomic mass is 35.5. The average molecular weight is 804 g/mol. The summed E-state index contributed by atoms with van der Waals surface area (Å²) < 4.78 is 41.9. The molecule has 56 heavy (non-hydrogen) atoms. The van der Waals surface area contributed by atoms with E-state index >= 15 is 0 Å². The first kappa shape index (κ1) is 41.8. The van der Waals surface area contributed by atoms with E-state index in [-0.39, 0.29) is 17.1 Å². The summed E-state index contributed by atoms with van der Waals surface area (Å²) in [4.78, 5) is 46.1. The Morgan fingerprint density at radius 1 is 0.625 bits per heavy atom. The summed E-state index contributed by atoms with van der Waals surface area (Å²) in [5.41, 5.74) is -2.23. The van der Waals surface area contributed by atoms with Gasteiger partial charge in [0.15, 0.2) is 0 Å². The number of pyridine rings is 2. The van der Waals surface area contributed by atoms with Gasteiger partial charge in [-0.05, 0) is 82.6 Å². The Kier molecular flexibility index (Phi) is 12.5. The van der Waals surface area contributed by atoms with Gasteiger partial charge in [0.1, 0.15) is 0 Å². The maximum absolute atomic E-state index is 14.0. The maximum atomic E-state index is 14.0. The van der Waals surface area contributed by atoms with Gasteiger partial charge in [0.25, 0.3) is 11.8 Å². The van der Waals surface area contributed by atoms with Crippen LogP contribution in [0.25, 0.3) is 21.8 Å². The van der Waals surface area contributed by atoms with Crippen molar-refractivity contribution < 1.29 is 32.7 Å². The normalized spacial score (nSPS) is 13.0. The number of fused-ring (bicyclic) bond motifs is 2. The Bertz CT molecular complexity index is 2390. The van der Waals surface area contributed by atoms with Crippen molar-refractivity contribution in [3.63, 3.8) is 0 Å². The van der Waals surface area contributed by atoms with E-state index in [4.69, 9.17) is 23.2 Å². The highest BCUT2D eigenvalue weighted by molar-refractivity contribution is 6.41. The van der Waals surface area contributed by atoms with E-state index in [1.807, 2.05) is 44.2 Å². The van der Waals surface area contributed by atoms with Crippen molar-refractivity contribution in [1.82, 2.24) is 9.97 Å². The van der Waals surface area contributed by atoms with Gasteiger partial charge >= 0.3 is 6.18 Å². The van der Waals surface area contributed by atoms with Gasteiger partial charge in [-0.1, -0.05) is 99.4 Å². The van der Waals surface area contributed by atoms with Crippen molar-refractivity contribution in [2.24, 2.45) is 0 Å². The molecule has 2 heterocycles. The fraction of sp³-hybridized carbons (Fsp3) is 0.233. The molecule has 1 atom stereocenters. The lowest BCUT2D eigenvalue weighted by atomic mass is 9.74. The van der Waals surface area contributed by atoms with Gasteiger partial charge in [-0.25, -0.2) is 0 Å². The molecule has 290 valence electrons. The number of amides is 2. The molecule has 0 bridgehead atoms. The molecule has 0 radical (unpaired) electrons. The second-order valence-electron chi connectivity index (χ2n) is 14.5. The molecule has 1 unspecified atom stereocenters. The van der Waals surface area contributed by atoms with Crippen molar-refractivity contribution in [1.29, 1.82) is 0 Å². The minimum Gasteiger partial charge on any atom is -0.373 e. The predicted octanol–water partition coefficient (Wildman–Crippen LogP) is 10.3. The first-order valence-electron chi connectivity index (χ1n) is 17.5. The minimum absolute atomic E-state index is 0.0611. The van der Waals surface area contributed by atoms with Crippen LogP contribution >= 0.6 is 23.2 Å². The molecule has 0 saturated heterocycles. The zero-order valence-electron chi connectivity index (χ0n) is 30.9. The van der Waals surface area contributed by atoms with Crippen LogP contribution in [0.5, 0.6) is 0 Å². The number of alkyl halides is 3. The zero-order valence-corrected chi connectivity index (χ0v) is 32.4. The van der Waals surface area contributed by atoms with Crippen LogP contribution in [0.15, 0.2) is 122 Å². The third kappa shape index (κ3) is 9.35. The number of nitrogens with zero attached hydrogens (tertiary/aromatic N) is 2. The number of benzene rings is 4. The van der Waals surface area contributed by atoms with Crippen LogP contribution in [0.3, 0.4) is 0 Å². The van der Waals surface area contributed by atoms with E-state index in [1.165, 1.54) is 26.1 Å². The quantitative estimate of drug-likeness (QED) is 0.119. The van der Waals surface area contributed by atoms with E-state index in [0.717, 1.165) is 16.5 Å². The van der Waals surface area contributed by atoms with Crippen LogP contribution in [0.1, 0.15) is 51.7 Å². The standard InChI is InChI=1S/C22H20ClF3N2O2.C21H19ClN2O2/c1-20(2,15-8-3-4-9-16(15)23)13-21(30,22(24,25)26)19(29)28-18-11-5-10-17-14(18)7-6-12-27-17;1-21(2,15-8-3-4-9-16(15)22)13-19(25)20(26)24-18-11-5-10-17-14(18)7-6-12-23-17/h3-12,30H,13H2,1-2H3,(H,28,29);3-12H,13H2,1-2H3,(H,24,26). The van der Waals surface area contributed by atoms with Gasteiger partial charge in [0.2, 0.25) is 11.4 Å². The molecular weight excluding hydrogens is 764 g/mol. The lowest BCUT2D eigenvalue weighted by molar-refractivity contribution is -0.254. The van der Waals surface area contributed by atoms with Gasteiger partial charge in [0, 0.05) is 46.1 Å². The monoisotopic (exact) mass is 802 g/mol. The number of carbonyl (C=O) groups is 3. The molecule has 2 amide bonds. The Morgan fingerprint density at radius 3 is 1.57 bits per heavy atom. The average Bonchev–Trinajstić information content (AvgIpc) is 3.14. The summed E-state index contributed by atoms with van der Waals surface area (Å²) in [6.07, 6.45) is -2.84. The third-order valence-electron chi connectivity index (χ3n) is 9.39. The molecule has 0 spiro atoms. The summed E-state index contributed by atoms with van der Waals surface area (Å²) >= 11 is 12.4. The summed E-state index contributed by atoms with van der Waals surface area (Å²) in [6, 6.07) is 30.8. The molecule has 0 aliphatic rings. The second-order valence-corrected chi connectivity index (χ2v) is 15.3. The molecule has 6 aromatic rings. The molecule has 8 nitrogen and oxygen atoms in total. The number of halogens is 5. The Hall–Kier alpha value is -5.36. The fourth-order valence-electron chi connectivity index (χ4n) is 6.48. The number of Topliss-reactive ketones (excluding diaryl/α,β-unsaturated/α-hetero) is 1. The van der Waals surface area contributed by atoms with Crippen LogP contribution in [-0.2, 0) is 25.2 Å². The van der Waals surface area contributed by atoms with E-state index in [9.17, 15) is 32.7 Å². The van der Waals surface area contributed by atoms with Crippen LogP contribution in [0, 0.1) is 0 Å². The molecule has 3 N–H and O–H groups in total. The molecule has 0 saturated carbocycles. The zero-order chi connectivity index (χ0) is 40.9. The van der Waals surface area contributed by atoms with E-state index in [0.29, 0.717) is 27.2 Å². The maximum Gasteiger partial charge on any atom is 0.426 e. The number of rotatable bonds is 10.